The number of pyridine rings is 1. The Bertz CT molecular complexity index is 1170. The van der Waals surface area contributed by atoms with Gasteiger partial charge in [0.15, 0.2) is 0 Å². The molecule has 7 rings (SSSR count). The number of halogens is 2. The van der Waals surface area contributed by atoms with Crippen molar-refractivity contribution in [2.24, 2.45) is 5.92 Å². The summed E-state index contributed by atoms with van der Waals surface area (Å²) in [5, 5.41) is 14.2. The second kappa shape index (κ2) is 7.85. The second-order valence-corrected chi connectivity index (χ2v) is 10.3. The van der Waals surface area contributed by atoms with Crippen LogP contribution in [0.2, 0.25) is 5.02 Å². The molecular weight excluding hydrogens is 459 g/mol. The number of phenols is 1. The molecule has 5 aliphatic rings. The number of hydrogen-bond acceptors (Lipinski definition) is 6. The van der Waals surface area contributed by atoms with Crippen molar-refractivity contribution in [3.63, 3.8) is 0 Å². The Balaban J connectivity index is 1.42. The van der Waals surface area contributed by atoms with E-state index < -0.39 is 5.82 Å². The van der Waals surface area contributed by atoms with Crippen LogP contribution in [0.4, 0.5) is 10.2 Å². The van der Waals surface area contributed by atoms with Gasteiger partial charge in [0.05, 0.1) is 17.2 Å². The van der Waals surface area contributed by atoms with Crippen molar-refractivity contribution in [3.8, 4) is 22.8 Å². The van der Waals surface area contributed by atoms with Gasteiger partial charge < -0.3 is 20.1 Å². The molecule has 0 spiro atoms. The van der Waals surface area contributed by atoms with E-state index in [2.05, 4.69) is 16.8 Å². The zero-order valence-electron chi connectivity index (χ0n) is 18.7. The number of piperazine rings is 1. The topological polar surface area (TPSA) is 77.9 Å². The first-order chi connectivity index (χ1) is 16.4. The van der Waals surface area contributed by atoms with Crippen molar-refractivity contribution in [2.75, 3.05) is 31.6 Å². The van der Waals surface area contributed by atoms with Crippen LogP contribution < -0.4 is 10.1 Å². The largest absolute Gasteiger partial charge is 0.507 e. The van der Waals surface area contributed by atoms with Gasteiger partial charge in [-0.1, -0.05) is 24.2 Å². The van der Waals surface area contributed by atoms with Gasteiger partial charge in [0.1, 0.15) is 40.5 Å². The Morgan fingerprint density at radius 1 is 1.35 bits per heavy atom. The van der Waals surface area contributed by atoms with Crippen LogP contribution in [0.1, 0.15) is 24.8 Å². The number of ether oxygens (including phenoxy) is 1. The van der Waals surface area contributed by atoms with Gasteiger partial charge in [-0.2, -0.15) is 0 Å². The summed E-state index contributed by atoms with van der Waals surface area (Å²) in [6.45, 7) is 6.29. The summed E-state index contributed by atoms with van der Waals surface area (Å²) in [6, 6.07) is 4.12. The Labute approximate surface area is 202 Å². The highest BCUT2D eigenvalue weighted by molar-refractivity contribution is 6.35. The van der Waals surface area contributed by atoms with Crippen LogP contribution in [0, 0.1) is 11.7 Å². The molecule has 34 heavy (non-hydrogen) atoms. The monoisotopic (exact) mass is 484 g/mol. The van der Waals surface area contributed by atoms with Crippen molar-refractivity contribution in [2.45, 2.75) is 37.4 Å². The van der Waals surface area contributed by atoms with E-state index in [4.69, 9.17) is 21.3 Å². The maximum atomic E-state index is 14.8. The normalized spacial score (nSPS) is 27.3. The smallest absolute Gasteiger partial charge is 0.246 e. The lowest BCUT2D eigenvalue weighted by atomic mass is 9.50. The van der Waals surface area contributed by atoms with Crippen molar-refractivity contribution in [3.05, 3.63) is 47.3 Å². The predicted molar refractivity (Wildman–Crippen MR) is 126 cm³/mol. The number of carbonyl (C=O) groups is 1. The lowest BCUT2D eigenvalue weighted by Crippen LogP contribution is -2.63. The molecule has 2 aliphatic heterocycles. The number of benzene rings is 1. The van der Waals surface area contributed by atoms with Crippen LogP contribution in [0.15, 0.2) is 30.9 Å². The van der Waals surface area contributed by atoms with Gasteiger partial charge in [-0.05, 0) is 43.4 Å². The van der Waals surface area contributed by atoms with Crippen LogP contribution in [-0.4, -0.2) is 63.6 Å². The van der Waals surface area contributed by atoms with Gasteiger partial charge in [0.25, 0.3) is 0 Å². The number of aromatic nitrogens is 1. The Hall–Kier alpha value is -2.84. The molecule has 4 fully saturated rings. The van der Waals surface area contributed by atoms with E-state index in [0.29, 0.717) is 44.4 Å². The third kappa shape index (κ3) is 3.34. The lowest BCUT2D eigenvalue weighted by Gasteiger charge is -2.62. The number of carbonyl (C=O) groups excluding carboxylic acids is 1. The summed E-state index contributed by atoms with van der Waals surface area (Å²) in [5.41, 5.74) is 0.979. The number of nitrogens with zero attached hydrogens (tertiary/aromatic N) is 3. The van der Waals surface area contributed by atoms with Crippen LogP contribution in [0.5, 0.6) is 11.5 Å². The standard InChI is InChI=1S/C25H26ClFN4O3/c1-2-19(33)31-7-6-30-12-16-23(34-13-15(30)11-31)21(26)22(20-17(27)4-3-5-18(20)32)28-24(16)29-25-8-14(9-25)10-25/h2-5,14-15,32H,1,6-13H2,(H,28,29)/t14?,15-,25?/m1/s1. The van der Waals surface area contributed by atoms with E-state index in [1.54, 1.807) is 4.90 Å². The molecule has 1 aromatic heterocycles. The van der Waals surface area contributed by atoms with Gasteiger partial charge >= 0.3 is 0 Å². The van der Waals surface area contributed by atoms with Gasteiger partial charge in [-0.15, -0.1) is 0 Å². The number of aromatic hydroxyl groups is 1. The summed E-state index contributed by atoms with van der Waals surface area (Å²) >= 11 is 6.79. The lowest BCUT2D eigenvalue weighted by molar-refractivity contribution is -0.129. The number of phenolic OH excluding ortho intramolecular Hbond substituents is 1. The van der Waals surface area contributed by atoms with Gasteiger partial charge in [-0.25, -0.2) is 9.37 Å². The number of rotatable bonds is 4. The van der Waals surface area contributed by atoms with Crippen molar-refractivity contribution < 1.29 is 19.0 Å². The number of nitrogens with one attached hydrogen (secondary N) is 1. The number of anilines is 1. The molecule has 3 heterocycles. The molecule has 178 valence electrons. The molecule has 1 atom stereocenters. The molecule has 2 bridgehead atoms. The fraction of sp³-hybridized carbons (Fsp3) is 0.440. The molecule has 2 N–H and O–H groups in total. The van der Waals surface area contributed by atoms with Crippen molar-refractivity contribution >= 4 is 23.3 Å². The van der Waals surface area contributed by atoms with Crippen molar-refractivity contribution in [1.29, 1.82) is 0 Å². The fourth-order valence-corrected chi connectivity index (χ4v) is 6.05. The zero-order chi connectivity index (χ0) is 23.6. The first-order valence-corrected chi connectivity index (χ1v) is 12.0. The minimum atomic E-state index is -0.601. The maximum Gasteiger partial charge on any atom is 0.246 e. The van der Waals surface area contributed by atoms with Crippen LogP contribution in [0.25, 0.3) is 11.3 Å². The Kier molecular flexibility index (Phi) is 5.00. The summed E-state index contributed by atoms with van der Waals surface area (Å²) in [7, 11) is 0. The van der Waals surface area contributed by atoms with E-state index in [1.165, 1.54) is 24.3 Å². The number of amides is 1. The minimum Gasteiger partial charge on any atom is -0.507 e. The summed E-state index contributed by atoms with van der Waals surface area (Å²) in [6.07, 6.45) is 4.62. The quantitative estimate of drug-likeness (QED) is 0.643. The molecule has 1 amide bonds. The Morgan fingerprint density at radius 2 is 2.15 bits per heavy atom. The van der Waals surface area contributed by atoms with E-state index >= 15 is 0 Å². The van der Waals surface area contributed by atoms with E-state index in [9.17, 15) is 14.3 Å². The average Bonchev–Trinajstić information content (AvgIpc) is 2.96. The predicted octanol–water partition coefficient (Wildman–Crippen LogP) is 3.80. The molecule has 3 saturated carbocycles. The molecule has 9 heteroatoms. The molecule has 0 radical (unpaired) electrons. The SMILES string of the molecule is C=CC(=O)N1CCN2Cc3c(NC45CC(C4)C5)nc(-c4c(O)cccc4F)c(Cl)c3OC[C@H]2C1. The van der Waals surface area contributed by atoms with Crippen LogP contribution in [0.3, 0.4) is 0 Å². The maximum absolute atomic E-state index is 14.8. The van der Waals surface area contributed by atoms with E-state index in [-0.39, 0.29) is 39.5 Å². The van der Waals surface area contributed by atoms with Gasteiger partial charge in [0.2, 0.25) is 5.91 Å². The van der Waals surface area contributed by atoms with Gasteiger partial charge in [-0.3, -0.25) is 9.69 Å². The number of hydrogen-bond donors (Lipinski definition) is 2. The fourth-order valence-electron chi connectivity index (χ4n) is 5.74. The summed E-state index contributed by atoms with van der Waals surface area (Å²) < 4.78 is 21.1. The molecule has 3 aliphatic carbocycles. The Morgan fingerprint density at radius 3 is 2.82 bits per heavy atom. The third-order valence-electron chi connectivity index (χ3n) is 7.71. The summed E-state index contributed by atoms with van der Waals surface area (Å²) in [4.78, 5) is 21.0. The minimum absolute atomic E-state index is 0.0192. The van der Waals surface area contributed by atoms with E-state index in [0.717, 1.165) is 30.7 Å². The molecule has 2 aromatic rings. The molecular formula is C25H26ClFN4O3. The van der Waals surface area contributed by atoms with E-state index in [1.807, 2.05) is 0 Å². The van der Waals surface area contributed by atoms with Crippen LogP contribution >= 0.6 is 11.6 Å². The second-order valence-electron chi connectivity index (χ2n) is 9.87. The highest BCUT2D eigenvalue weighted by Gasteiger charge is 2.57. The highest BCUT2D eigenvalue weighted by atomic mass is 35.5. The van der Waals surface area contributed by atoms with Crippen molar-refractivity contribution in [1.82, 2.24) is 14.8 Å². The first-order valence-electron chi connectivity index (χ1n) is 11.6. The van der Waals surface area contributed by atoms with Gasteiger partial charge in [0, 0.05) is 31.7 Å². The average molecular weight is 485 g/mol. The zero-order valence-corrected chi connectivity index (χ0v) is 19.4. The van der Waals surface area contributed by atoms with Crippen LogP contribution in [-0.2, 0) is 11.3 Å². The number of fused-ring (bicyclic) bond motifs is 2. The summed E-state index contributed by atoms with van der Waals surface area (Å²) in [5.74, 6) is 0.930. The highest BCUT2D eigenvalue weighted by Crippen LogP contribution is 2.59. The molecule has 1 saturated heterocycles. The molecule has 1 aromatic carbocycles. The third-order valence-corrected chi connectivity index (χ3v) is 8.06. The molecule has 0 unspecified atom stereocenters. The first kappa shape index (κ1) is 21.7. The molecule has 7 nitrogen and oxygen atoms in total.